The highest BCUT2D eigenvalue weighted by atomic mass is 32.1. The normalized spacial score (nSPS) is 17.8. The van der Waals surface area contributed by atoms with Crippen LogP contribution in [0.2, 0.25) is 0 Å². The van der Waals surface area contributed by atoms with Gasteiger partial charge in [0.25, 0.3) is 11.8 Å². The van der Waals surface area contributed by atoms with Crippen LogP contribution in [0.5, 0.6) is 0 Å². The molecule has 0 bridgehead atoms. The van der Waals surface area contributed by atoms with Gasteiger partial charge < -0.3 is 20.9 Å². The molecule has 0 spiro atoms. The smallest absolute Gasteiger partial charge is 0.263 e. The number of amides is 2. The van der Waals surface area contributed by atoms with Crippen molar-refractivity contribution in [1.82, 2.24) is 5.32 Å². The van der Waals surface area contributed by atoms with Crippen molar-refractivity contribution < 1.29 is 14.4 Å². The average molecular weight is 509 g/mol. The summed E-state index contributed by atoms with van der Waals surface area (Å²) in [5.41, 5.74) is 1.96. The second kappa shape index (κ2) is 9.83. The summed E-state index contributed by atoms with van der Waals surface area (Å²) >= 11 is 2.98. The molecule has 7 nitrogen and oxygen atoms in total. The Balaban J connectivity index is 1.44. The minimum atomic E-state index is -0.242. The number of benzene rings is 1. The highest BCUT2D eigenvalue weighted by Crippen LogP contribution is 2.39. The van der Waals surface area contributed by atoms with Gasteiger partial charge in [0.05, 0.1) is 16.4 Å². The van der Waals surface area contributed by atoms with Gasteiger partial charge in [0, 0.05) is 52.6 Å². The number of thiophene rings is 2. The van der Waals surface area contributed by atoms with E-state index in [0.717, 1.165) is 51.6 Å². The van der Waals surface area contributed by atoms with Crippen molar-refractivity contribution >= 4 is 66.7 Å². The molecule has 0 aliphatic carbocycles. The number of carbonyl (C=O) groups excluding carboxylic acids is 3. The zero-order valence-electron chi connectivity index (χ0n) is 19.6. The summed E-state index contributed by atoms with van der Waals surface area (Å²) in [6, 6.07) is 7.51. The lowest BCUT2D eigenvalue weighted by Gasteiger charge is -2.27. The van der Waals surface area contributed by atoms with Crippen LogP contribution in [-0.2, 0) is 11.2 Å². The van der Waals surface area contributed by atoms with E-state index in [2.05, 4.69) is 27.4 Å². The Morgan fingerprint density at radius 3 is 2.77 bits per heavy atom. The summed E-state index contributed by atoms with van der Waals surface area (Å²) in [5, 5.41) is 11.3. The third-order valence-electron chi connectivity index (χ3n) is 6.39. The molecule has 0 unspecified atom stereocenters. The molecule has 3 N–H and O–H groups in total. The van der Waals surface area contributed by atoms with E-state index >= 15 is 0 Å². The number of allylic oxidation sites excluding steroid dienone is 1. The first-order valence-electron chi connectivity index (χ1n) is 11.9. The van der Waals surface area contributed by atoms with Crippen LogP contribution < -0.4 is 20.9 Å². The number of fused-ring (bicyclic) bond motifs is 3. The van der Waals surface area contributed by atoms with Gasteiger partial charge in [-0.05, 0) is 56.5 Å². The zero-order valence-corrected chi connectivity index (χ0v) is 21.2. The minimum Gasteiger partial charge on any atom is -0.381 e. The Hall–Kier alpha value is -3.17. The van der Waals surface area contributed by atoms with Crippen molar-refractivity contribution in [2.75, 3.05) is 35.2 Å². The average Bonchev–Trinajstić information content (AvgIpc) is 3.39. The van der Waals surface area contributed by atoms with Crippen LogP contribution in [0.1, 0.15) is 51.1 Å². The molecule has 2 aliphatic heterocycles. The van der Waals surface area contributed by atoms with Gasteiger partial charge in [-0.25, -0.2) is 0 Å². The predicted molar refractivity (Wildman–Crippen MR) is 144 cm³/mol. The SMILES string of the molecule is C=CC(=O)Cc1sc(N2CCCCC2)cc1NC(=O)c1ccc2sc3c(c2c1)NC[C@@H](C)NC3=O. The monoisotopic (exact) mass is 508 g/mol. The molecule has 2 aliphatic rings. The minimum absolute atomic E-state index is 0.0213. The summed E-state index contributed by atoms with van der Waals surface area (Å²) in [5.74, 6) is -0.410. The van der Waals surface area contributed by atoms with Gasteiger partial charge in [0.1, 0.15) is 4.88 Å². The lowest BCUT2D eigenvalue weighted by atomic mass is 10.1. The molecule has 3 aromatic rings. The third kappa shape index (κ3) is 4.83. The van der Waals surface area contributed by atoms with Crippen LogP contribution in [0.3, 0.4) is 0 Å². The molecule has 0 saturated carbocycles. The molecule has 2 aromatic heterocycles. The van der Waals surface area contributed by atoms with E-state index in [1.807, 2.05) is 25.1 Å². The van der Waals surface area contributed by atoms with E-state index in [9.17, 15) is 14.4 Å². The molecule has 1 saturated heterocycles. The first kappa shape index (κ1) is 23.6. The maximum absolute atomic E-state index is 13.3. The Morgan fingerprint density at radius 1 is 1.20 bits per heavy atom. The maximum atomic E-state index is 13.3. The molecule has 1 fully saturated rings. The van der Waals surface area contributed by atoms with E-state index < -0.39 is 0 Å². The van der Waals surface area contributed by atoms with Crippen molar-refractivity contribution in [3.63, 3.8) is 0 Å². The molecule has 1 aromatic carbocycles. The topological polar surface area (TPSA) is 90.5 Å². The van der Waals surface area contributed by atoms with E-state index in [1.54, 1.807) is 17.4 Å². The number of hydrogen-bond acceptors (Lipinski definition) is 7. The fourth-order valence-electron chi connectivity index (χ4n) is 4.52. The van der Waals surface area contributed by atoms with Crippen LogP contribution >= 0.6 is 22.7 Å². The van der Waals surface area contributed by atoms with Gasteiger partial charge in [0.2, 0.25) is 0 Å². The fraction of sp³-hybridized carbons (Fsp3) is 0.346. The number of carbonyl (C=O) groups is 3. The van der Waals surface area contributed by atoms with Crippen LogP contribution in [0.15, 0.2) is 36.9 Å². The van der Waals surface area contributed by atoms with Crippen molar-refractivity contribution in [2.24, 2.45) is 0 Å². The van der Waals surface area contributed by atoms with Gasteiger partial charge in [-0.3, -0.25) is 14.4 Å². The zero-order chi connectivity index (χ0) is 24.5. The third-order valence-corrected chi connectivity index (χ3v) is 8.76. The Kier molecular flexibility index (Phi) is 6.62. The van der Waals surface area contributed by atoms with Gasteiger partial charge in [-0.2, -0.15) is 0 Å². The van der Waals surface area contributed by atoms with E-state index in [-0.39, 0.29) is 30.1 Å². The Morgan fingerprint density at radius 2 is 2.00 bits per heavy atom. The molecular weight excluding hydrogens is 480 g/mol. The van der Waals surface area contributed by atoms with Crippen LogP contribution in [0.4, 0.5) is 16.4 Å². The molecule has 182 valence electrons. The van der Waals surface area contributed by atoms with Crippen molar-refractivity contribution in [3.8, 4) is 0 Å². The largest absolute Gasteiger partial charge is 0.381 e. The molecule has 2 amide bonds. The maximum Gasteiger partial charge on any atom is 0.263 e. The lowest BCUT2D eigenvalue weighted by molar-refractivity contribution is -0.113. The fourth-order valence-corrected chi connectivity index (χ4v) is 6.75. The number of hydrogen-bond donors (Lipinski definition) is 3. The first-order chi connectivity index (χ1) is 16.9. The van der Waals surface area contributed by atoms with Crippen molar-refractivity contribution in [2.45, 2.75) is 38.6 Å². The number of ketones is 1. The molecule has 4 heterocycles. The molecule has 5 rings (SSSR count). The van der Waals surface area contributed by atoms with Gasteiger partial charge in [0.15, 0.2) is 5.78 Å². The van der Waals surface area contributed by atoms with Crippen molar-refractivity contribution in [1.29, 1.82) is 0 Å². The summed E-state index contributed by atoms with van der Waals surface area (Å²) in [6.45, 7) is 8.14. The standard InChI is InChI=1S/C26H28N4O3S2/c1-3-17(31)12-21-19(13-22(34-21)30-9-5-4-6-10-30)29-25(32)16-7-8-20-18(11-16)23-24(35-20)26(33)28-15(2)14-27-23/h3,7-8,11,13,15,27H,1,4-6,9-10,12,14H2,2H3,(H,28,33)(H,29,32)/t15-/m1/s1. The summed E-state index contributed by atoms with van der Waals surface area (Å²) in [7, 11) is 0. The molecule has 9 heteroatoms. The second-order valence-electron chi connectivity index (χ2n) is 9.04. The second-order valence-corrected chi connectivity index (χ2v) is 11.2. The number of piperidine rings is 1. The molecule has 0 radical (unpaired) electrons. The Labute approximate surface area is 212 Å². The molecular formula is C26H28N4O3S2. The highest BCUT2D eigenvalue weighted by Gasteiger charge is 2.25. The predicted octanol–water partition coefficient (Wildman–Crippen LogP) is 5.05. The van der Waals surface area contributed by atoms with Gasteiger partial charge in [-0.1, -0.05) is 6.58 Å². The number of nitrogens with zero attached hydrogens (tertiary/aromatic N) is 1. The quantitative estimate of drug-likeness (QED) is 0.406. The Bertz CT molecular complexity index is 1320. The van der Waals surface area contributed by atoms with E-state index in [4.69, 9.17) is 0 Å². The van der Waals surface area contributed by atoms with E-state index in [0.29, 0.717) is 22.7 Å². The summed E-state index contributed by atoms with van der Waals surface area (Å²) in [6.07, 6.45) is 5.07. The van der Waals surface area contributed by atoms with Gasteiger partial charge >= 0.3 is 0 Å². The number of nitrogens with one attached hydrogen (secondary N) is 3. The lowest BCUT2D eigenvalue weighted by Crippen LogP contribution is -2.34. The summed E-state index contributed by atoms with van der Waals surface area (Å²) < 4.78 is 0.948. The number of anilines is 3. The summed E-state index contributed by atoms with van der Waals surface area (Å²) in [4.78, 5) is 41.8. The van der Waals surface area contributed by atoms with Crippen LogP contribution in [0.25, 0.3) is 10.1 Å². The highest BCUT2D eigenvalue weighted by molar-refractivity contribution is 7.21. The van der Waals surface area contributed by atoms with Crippen LogP contribution in [-0.4, -0.2) is 43.3 Å². The van der Waals surface area contributed by atoms with Crippen molar-refractivity contribution in [3.05, 3.63) is 52.2 Å². The van der Waals surface area contributed by atoms with Crippen LogP contribution in [0, 0.1) is 0 Å². The van der Waals surface area contributed by atoms with E-state index in [1.165, 1.54) is 23.8 Å². The number of rotatable bonds is 6. The van der Waals surface area contributed by atoms with Gasteiger partial charge in [-0.15, -0.1) is 22.7 Å². The molecule has 1 atom stereocenters. The molecule has 35 heavy (non-hydrogen) atoms. The first-order valence-corrected chi connectivity index (χ1v) is 13.5.